The Morgan fingerprint density at radius 1 is 1.43 bits per heavy atom. The second kappa shape index (κ2) is 6.52. The number of pyridine rings is 1. The van der Waals surface area contributed by atoms with Crippen LogP contribution in [-0.4, -0.2) is 47.5 Å². The van der Waals surface area contributed by atoms with E-state index < -0.39 is 28.4 Å². The van der Waals surface area contributed by atoms with Crippen molar-refractivity contribution in [2.24, 2.45) is 11.7 Å². The lowest BCUT2D eigenvalue weighted by atomic mass is 9.91. The van der Waals surface area contributed by atoms with E-state index in [-0.39, 0.29) is 28.6 Å². The molecule has 2 aromatic rings. The summed E-state index contributed by atoms with van der Waals surface area (Å²) in [4.78, 5) is 26.1. The van der Waals surface area contributed by atoms with Gasteiger partial charge < -0.3 is 25.0 Å². The molecule has 1 unspecified atom stereocenters. The van der Waals surface area contributed by atoms with E-state index in [4.69, 9.17) is 10.5 Å². The van der Waals surface area contributed by atoms with E-state index >= 15 is 4.39 Å². The number of fused-ring (bicyclic) bond motifs is 2. The van der Waals surface area contributed by atoms with Gasteiger partial charge in [-0.05, 0) is 25.3 Å². The predicted octanol–water partition coefficient (Wildman–Crippen LogP) is 1.60. The van der Waals surface area contributed by atoms with Crippen LogP contribution in [0.3, 0.4) is 0 Å². The normalized spacial score (nSPS) is 25.5. The molecule has 0 amide bonds. The van der Waals surface area contributed by atoms with E-state index in [1.54, 1.807) is 9.47 Å². The van der Waals surface area contributed by atoms with Gasteiger partial charge in [-0.2, -0.15) is 5.26 Å². The Hall–Kier alpha value is -2.96. The number of carboxylic acid groups (broad SMARTS) is 1. The monoisotopic (exact) mass is 412 g/mol. The summed E-state index contributed by atoms with van der Waals surface area (Å²) in [5.74, 6) is -1.94. The molecule has 2 atom stereocenters. The number of rotatable bonds is 4. The lowest BCUT2D eigenvalue weighted by Gasteiger charge is -2.27. The van der Waals surface area contributed by atoms with Crippen molar-refractivity contribution >= 4 is 22.6 Å². The number of hydrogen-bond donors (Lipinski definition) is 2. The Balaban J connectivity index is 1.75. The molecule has 1 saturated carbocycles. The Morgan fingerprint density at radius 2 is 2.20 bits per heavy atom. The molecule has 0 radical (unpaired) electrons. The van der Waals surface area contributed by atoms with Gasteiger partial charge in [-0.25, -0.2) is 9.18 Å². The Morgan fingerprint density at radius 3 is 2.80 bits per heavy atom. The number of nitriles is 1. The largest absolute Gasteiger partial charge is 0.477 e. The Kier molecular flexibility index (Phi) is 4.14. The lowest BCUT2D eigenvalue weighted by molar-refractivity contribution is 0.0126. The standard InChI is InChI=1S/C21H21FN4O4/c22-16-5-13-17(26(12-1-2-12)8-15(19(13)27)20(28)29)14(6-23)18(16)25-7-11-3-4-30-21(11,9-24)10-25/h5,8,11-12H,1-4,7,9-10,24H2,(H,28,29)/t11-,21?/m1/s1. The van der Waals surface area contributed by atoms with E-state index in [1.165, 1.54) is 6.20 Å². The van der Waals surface area contributed by atoms with Gasteiger partial charge in [0, 0.05) is 44.4 Å². The van der Waals surface area contributed by atoms with Crippen molar-refractivity contribution in [3.05, 3.63) is 39.4 Å². The number of anilines is 1. The number of carboxylic acids is 1. The van der Waals surface area contributed by atoms with Crippen molar-refractivity contribution in [3.8, 4) is 6.07 Å². The molecule has 30 heavy (non-hydrogen) atoms. The highest BCUT2D eigenvalue weighted by Gasteiger charge is 2.51. The second-order valence-electron chi connectivity index (χ2n) is 8.39. The van der Waals surface area contributed by atoms with Crippen LogP contribution in [0.15, 0.2) is 17.1 Å². The van der Waals surface area contributed by atoms with Gasteiger partial charge in [0.1, 0.15) is 28.6 Å². The minimum absolute atomic E-state index is 0.00622. The van der Waals surface area contributed by atoms with Gasteiger partial charge >= 0.3 is 5.97 Å². The molecule has 1 aliphatic carbocycles. The number of nitrogens with zero attached hydrogens (tertiary/aromatic N) is 3. The molecule has 3 N–H and O–H groups in total. The SMILES string of the molecule is N#Cc1c(N2C[C@H]3CCOC3(CN)C2)c(F)cc2c(=O)c(C(=O)O)cn(C3CC3)c12. The fraction of sp³-hybridized carbons (Fsp3) is 0.476. The molecule has 1 aromatic heterocycles. The van der Waals surface area contributed by atoms with E-state index in [9.17, 15) is 20.0 Å². The summed E-state index contributed by atoms with van der Waals surface area (Å²) in [5, 5.41) is 19.3. The molecule has 2 aliphatic heterocycles. The Labute approximate surface area is 171 Å². The van der Waals surface area contributed by atoms with Gasteiger partial charge in [0.05, 0.1) is 16.6 Å². The minimum Gasteiger partial charge on any atom is -0.477 e. The van der Waals surface area contributed by atoms with Crippen LogP contribution in [0.4, 0.5) is 10.1 Å². The van der Waals surface area contributed by atoms with Crippen molar-refractivity contribution < 1.29 is 19.0 Å². The smallest absolute Gasteiger partial charge is 0.341 e. The van der Waals surface area contributed by atoms with Crippen LogP contribution in [0, 0.1) is 23.1 Å². The molecule has 5 rings (SSSR count). The van der Waals surface area contributed by atoms with Crippen LogP contribution in [0.1, 0.15) is 41.2 Å². The van der Waals surface area contributed by atoms with E-state index in [1.807, 2.05) is 0 Å². The van der Waals surface area contributed by atoms with E-state index in [0.29, 0.717) is 31.8 Å². The van der Waals surface area contributed by atoms with Crippen LogP contribution >= 0.6 is 0 Å². The van der Waals surface area contributed by atoms with Crippen molar-refractivity contribution in [2.75, 3.05) is 31.1 Å². The molecule has 0 spiro atoms. The van der Waals surface area contributed by atoms with Gasteiger partial charge in [0.15, 0.2) is 0 Å². The highest BCUT2D eigenvalue weighted by atomic mass is 19.1. The number of ether oxygens (including phenoxy) is 1. The second-order valence-corrected chi connectivity index (χ2v) is 8.39. The number of benzene rings is 1. The third kappa shape index (κ3) is 2.57. The Bertz CT molecular complexity index is 1180. The average molecular weight is 412 g/mol. The van der Waals surface area contributed by atoms with Crippen molar-refractivity contribution in [3.63, 3.8) is 0 Å². The zero-order valence-electron chi connectivity index (χ0n) is 16.2. The third-order valence-corrected chi connectivity index (χ3v) is 6.68. The molecule has 8 nitrogen and oxygen atoms in total. The molecule has 0 bridgehead atoms. The summed E-state index contributed by atoms with van der Waals surface area (Å²) in [6.45, 7) is 1.79. The molecule has 3 fully saturated rings. The maximum Gasteiger partial charge on any atom is 0.341 e. The summed E-state index contributed by atoms with van der Waals surface area (Å²) in [7, 11) is 0. The van der Waals surface area contributed by atoms with Crippen molar-refractivity contribution in [1.82, 2.24) is 4.57 Å². The lowest BCUT2D eigenvalue weighted by Crippen LogP contribution is -2.44. The van der Waals surface area contributed by atoms with Gasteiger partial charge in [-0.15, -0.1) is 0 Å². The first-order valence-electron chi connectivity index (χ1n) is 10.0. The summed E-state index contributed by atoms with van der Waals surface area (Å²) in [5.41, 5.74) is 4.70. The van der Waals surface area contributed by atoms with E-state index in [2.05, 4.69) is 6.07 Å². The molecule has 156 valence electrons. The summed E-state index contributed by atoms with van der Waals surface area (Å²) in [6, 6.07) is 3.16. The summed E-state index contributed by atoms with van der Waals surface area (Å²) >= 11 is 0. The number of aromatic carboxylic acids is 1. The first kappa shape index (κ1) is 19.0. The van der Waals surface area contributed by atoms with Crippen LogP contribution in [0.2, 0.25) is 0 Å². The third-order valence-electron chi connectivity index (χ3n) is 6.68. The molecule has 9 heteroatoms. The van der Waals surface area contributed by atoms with Gasteiger partial charge in [0.25, 0.3) is 0 Å². The first-order valence-corrected chi connectivity index (χ1v) is 10.0. The zero-order chi connectivity index (χ0) is 21.2. The maximum atomic E-state index is 15.3. The fourth-order valence-electron chi connectivity index (χ4n) is 5.02. The van der Waals surface area contributed by atoms with Crippen molar-refractivity contribution in [1.29, 1.82) is 5.26 Å². The van der Waals surface area contributed by atoms with Crippen LogP contribution in [-0.2, 0) is 4.74 Å². The first-order chi connectivity index (χ1) is 14.4. The average Bonchev–Trinajstić information content (AvgIpc) is 3.39. The number of hydrogen-bond acceptors (Lipinski definition) is 6. The number of aromatic nitrogens is 1. The highest BCUT2D eigenvalue weighted by Crippen LogP contribution is 2.44. The van der Waals surface area contributed by atoms with Gasteiger partial charge in [0.2, 0.25) is 5.43 Å². The molecular formula is C21H21FN4O4. The molecule has 3 heterocycles. The number of carbonyl (C=O) groups is 1. The maximum absolute atomic E-state index is 15.3. The topological polar surface area (TPSA) is 122 Å². The van der Waals surface area contributed by atoms with Crippen LogP contribution in [0.25, 0.3) is 10.9 Å². The zero-order valence-corrected chi connectivity index (χ0v) is 16.2. The van der Waals surface area contributed by atoms with Gasteiger partial charge in [-0.3, -0.25) is 4.79 Å². The summed E-state index contributed by atoms with van der Waals surface area (Å²) < 4.78 is 22.9. The van der Waals surface area contributed by atoms with Crippen LogP contribution < -0.4 is 16.1 Å². The predicted molar refractivity (Wildman–Crippen MR) is 106 cm³/mol. The quantitative estimate of drug-likeness (QED) is 0.782. The van der Waals surface area contributed by atoms with Gasteiger partial charge in [-0.1, -0.05) is 0 Å². The highest BCUT2D eigenvalue weighted by molar-refractivity contribution is 5.96. The summed E-state index contributed by atoms with van der Waals surface area (Å²) in [6.07, 6.45) is 3.73. The molecule has 3 aliphatic rings. The van der Waals surface area contributed by atoms with Crippen LogP contribution in [0.5, 0.6) is 0 Å². The minimum atomic E-state index is -1.37. The number of nitrogens with two attached hydrogens (primary N) is 1. The fourth-order valence-corrected chi connectivity index (χ4v) is 5.02. The molecule has 2 saturated heterocycles. The number of halogens is 1. The molecular weight excluding hydrogens is 391 g/mol. The van der Waals surface area contributed by atoms with Crippen molar-refractivity contribution in [2.45, 2.75) is 30.9 Å². The van der Waals surface area contributed by atoms with E-state index in [0.717, 1.165) is 25.3 Å². The molecule has 1 aromatic carbocycles.